The van der Waals surface area contributed by atoms with Crippen molar-refractivity contribution in [3.05, 3.63) is 56.6 Å². The molecule has 0 atom stereocenters. The fourth-order valence-electron chi connectivity index (χ4n) is 3.25. The summed E-state index contributed by atoms with van der Waals surface area (Å²) in [5.74, 6) is -0.764. The van der Waals surface area contributed by atoms with Gasteiger partial charge in [-0.25, -0.2) is 4.79 Å². The van der Waals surface area contributed by atoms with Gasteiger partial charge in [-0.3, -0.25) is 20.3 Å². The first-order valence-electron chi connectivity index (χ1n) is 10.1. The molecular formula is C22H24BrN5O3S2. The lowest BCUT2D eigenvalue weighted by atomic mass is 10.0. The molecule has 0 saturated heterocycles. The average molecular weight is 551 g/mol. The predicted octanol–water partition coefficient (Wildman–Crippen LogP) is 4.49. The van der Waals surface area contributed by atoms with E-state index in [2.05, 4.69) is 37.2 Å². The van der Waals surface area contributed by atoms with Gasteiger partial charge in [0.1, 0.15) is 17.1 Å². The smallest absolute Gasteiger partial charge is 0.341 e. The van der Waals surface area contributed by atoms with Gasteiger partial charge in [-0.05, 0) is 61.4 Å². The van der Waals surface area contributed by atoms with Crippen LogP contribution in [0.5, 0.6) is 0 Å². The molecule has 3 N–H and O–H groups in total. The minimum absolute atomic E-state index is 0.0260. The monoisotopic (exact) mass is 549 g/mol. The summed E-state index contributed by atoms with van der Waals surface area (Å²) < 4.78 is 7.76. The number of aromatic nitrogens is 2. The normalized spacial score (nSPS) is 10.6. The third kappa shape index (κ3) is 5.79. The van der Waals surface area contributed by atoms with Crippen molar-refractivity contribution < 1.29 is 14.3 Å². The molecule has 1 amide bonds. The summed E-state index contributed by atoms with van der Waals surface area (Å²) >= 11 is 10.2. The Labute approximate surface area is 209 Å². The number of nitrogens with zero attached hydrogens (tertiary/aromatic N) is 2. The van der Waals surface area contributed by atoms with Crippen LogP contribution in [0.4, 0.5) is 5.00 Å². The average Bonchev–Trinajstić information content (AvgIpc) is 3.23. The van der Waals surface area contributed by atoms with E-state index in [4.69, 9.17) is 17.0 Å². The molecule has 0 radical (unpaired) electrons. The van der Waals surface area contributed by atoms with Crippen LogP contribution >= 0.6 is 39.5 Å². The van der Waals surface area contributed by atoms with Crippen molar-refractivity contribution in [3.63, 3.8) is 0 Å². The minimum Gasteiger partial charge on any atom is -0.462 e. The number of aryl methyl sites for hydroxylation is 2. The van der Waals surface area contributed by atoms with Gasteiger partial charge in [0.05, 0.1) is 22.5 Å². The molecule has 2 heterocycles. The van der Waals surface area contributed by atoms with E-state index >= 15 is 0 Å². The molecule has 11 heteroatoms. The zero-order valence-corrected chi connectivity index (χ0v) is 21.8. The topological polar surface area (TPSA) is 97.3 Å². The number of carbonyl (C=O) groups is 2. The molecule has 0 aliphatic rings. The molecule has 0 aliphatic heterocycles. The second-order valence-corrected chi connectivity index (χ2v) is 9.52. The Morgan fingerprint density at radius 3 is 2.48 bits per heavy atom. The van der Waals surface area contributed by atoms with Gasteiger partial charge in [-0.15, -0.1) is 11.3 Å². The van der Waals surface area contributed by atoms with Gasteiger partial charge in [-0.2, -0.15) is 5.10 Å². The van der Waals surface area contributed by atoms with Gasteiger partial charge in [-0.1, -0.05) is 30.3 Å². The van der Waals surface area contributed by atoms with E-state index in [-0.39, 0.29) is 24.2 Å². The van der Waals surface area contributed by atoms with Crippen molar-refractivity contribution in [2.24, 2.45) is 0 Å². The molecule has 2 aromatic heterocycles. The van der Waals surface area contributed by atoms with Gasteiger partial charge < -0.3 is 10.1 Å². The largest absolute Gasteiger partial charge is 0.462 e. The predicted molar refractivity (Wildman–Crippen MR) is 137 cm³/mol. The van der Waals surface area contributed by atoms with Gasteiger partial charge in [0.2, 0.25) is 0 Å². The minimum atomic E-state index is -0.440. The molecule has 0 fully saturated rings. The van der Waals surface area contributed by atoms with Crippen LogP contribution in [0, 0.1) is 20.8 Å². The molecule has 33 heavy (non-hydrogen) atoms. The zero-order chi connectivity index (χ0) is 24.1. The van der Waals surface area contributed by atoms with E-state index in [1.54, 1.807) is 11.6 Å². The standard InChI is InChI=1S/C22H24BrN5O3S2/c1-5-31-21(30)18-17(15-9-7-6-8-10-15)14(4)33-20(18)24-22(32)26-25-16(29)11-28-13(3)19(23)12(2)27-28/h6-10H,5,11H2,1-4H3,(H,25,29)(H2,24,26,32). The van der Waals surface area contributed by atoms with Crippen molar-refractivity contribution in [2.75, 3.05) is 11.9 Å². The van der Waals surface area contributed by atoms with Crippen molar-refractivity contribution in [2.45, 2.75) is 34.2 Å². The van der Waals surface area contributed by atoms with E-state index < -0.39 is 5.97 Å². The summed E-state index contributed by atoms with van der Waals surface area (Å²) in [5.41, 5.74) is 9.01. The summed E-state index contributed by atoms with van der Waals surface area (Å²) in [6.45, 7) is 7.70. The number of rotatable bonds is 6. The van der Waals surface area contributed by atoms with Crippen molar-refractivity contribution in [1.29, 1.82) is 0 Å². The van der Waals surface area contributed by atoms with Crippen LogP contribution in [0.1, 0.15) is 33.5 Å². The SMILES string of the molecule is CCOC(=O)c1c(NC(=S)NNC(=O)Cn2nc(C)c(Br)c2C)sc(C)c1-c1ccccc1. The molecule has 3 aromatic rings. The number of ether oxygens (including phenoxy) is 1. The summed E-state index contributed by atoms with van der Waals surface area (Å²) in [7, 11) is 0. The second kappa shape index (κ2) is 10.9. The first kappa shape index (κ1) is 24.9. The van der Waals surface area contributed by atoms with Crippen LogP contribution in [0.3, 0.4) is 0 Å². The maximum atomic E-state index is 12.8. The van der Waals surface area contributed by atoms with Gasteiger partial charge in [0, 0.05) is 10.4 Å². The number of hydrogen-bond donors (Lipinski definition) is 3. The Morgan fingerprint density at radius 2 is 1.88 bits per heavy atom. The number of thiophene rings is 1. The molecule has 0 saturated carbocycles. The van der Waals surface area contributed by atoms with Crippen molar-refractivity contribution >= 4 is 61.5 Å². The molecule has 0 aliphatic carbocycles. The fourth-order valence-corrected chi connectivity index (χ4v) is 4.82. The molecule has 174 valence electrons. The van der Waals surface area contributed by atoms with Crippen LogP contribution < -0.4 is 16.2 Å². The van der Waals surface area contributed by atoms with Gasteiger partial charge in [0.25, 0.3) is 5.91 Å². The molecule has 0 spiro atoms. The molecule has 8 nitrogen and oxygen atoms in total. The van der Waals surface area contributed by atoms with Crippen molar-refractivity contribution in [3.8, 4) is 11.1 Å². The fraction of sp³-hybridized carbons (Fsp3) is 0.273. The molecule has 0 bridgehead atoms. The Balaban J connectivity index is 1.73. The highest BCUT2D eigenvalue weighted by Gasteiger charge is 2.25. The lowest BCUT2D eigenvalue weighted by Crippen LogP contribution is -2.45. The first-order chi connectivity index (χ1) is 15.7. The summed E-state index contributed by atoms with van der Waals surface area (Å²) in [5, 5.41) is 8.02. The first-order valence-corrected chi connectivity index (χ1v) is 12.2. The lowest BCUT2D eigenvalue weighted by molar-refractivity contribution is -0.122. The molecule has 0 unspecified atom stereocenters. The highest BCUT2D eigenvalue weighted by atomic mass is 79.9. The van der Waals surface area contributed by atoms with Crippen LogP contribution in [0.25, 0.3) is 11.1 Å². The Morgan fingerprint density at radius 1 is 1.18 bits per heavy atom. The Bertz CT molecular complexity index is 1190. The molecule has 1 aromatic carbocycles. The summed E-state index contributed by atoms with van der Waals surface area (Å²) in [6, 6.07) is 9.63. The second-order valence-electron chi connectivity index (χ2n) is 7.09. The Kier molecular flexibility index (Phi) is 8.22. The Hall–Kier alpha value is -2.76. The number of hydrazine groups is 1. The van der Waals surface area contributed by atoms with Crippen LogP contribution in [0.15, 0.2) is 34.8 Å². The highest BCUT2D eigenvalue weighted by Crippen LogP contribution is 2.40. The van der Waals surface area contributed by atoms with Crippen LogP contribution in [-0.4, -0.2) is 33.4 Å². The van der Waals surface area contributed by atoms with Gasteiger partial charge in [0.15, 0.2) is 5.11 Å². The number of carbonyl (C=O) groups excluding carboxylic acids is 2. The number of halogens is 1. The van der Waals surface area contributed by atoms with E-state index in [1.807, 2.05) is 51.1 Å². The number of nitrogens with one attached hydrogen (secondary N) is 3. The third-order valence-corrected chi connectivity index (χ3v) is 7.13. The summed E-state index contributed by atoms with van der Waals surface area (Å²) in [6.07, 6.45) is 0. The number of esters is 1. The number of benzene rings is 1. The van der Waals surface area contributed by atoms with Gasteiger partial charge >= 0.3 is 5.97 Å². The maximum Gasteiger partial charge on any atom is 0.341 e. The number of amides is 1. The van der Waals surface area contributed by atoms with E-state index in [9.17, 15) is 9.59 Å². The third-order valence-electron chi connectivity index (χ3n) is 4.76. The summed E-state index contributed by atoms with van der Waals surface area (Å²) in [4.78, 5) is 26.1. The maximum absolute atomic E-state index is 12.8. The highest BCUT2D eigenvalue weighted by molar-refractivity contribution is 9.10. The number of hydrogen-bond acceptors (Lipinski definition) is 6. The van der Waals surface area contributed by atoms with E-state index in [0.29, 0.717) is 10.6 Å². The van der Waals surface area contributed by atoms with Crippen LogP contribution in [-0.2, 0) is 16.1 Å². The lowest BCUT2D eigenvalue weighted by Gasteiger charge is -2.13. The van der Waals surface area contributed by atoms with E-state index in [0.717, 1.165) is 31.9 Å². The van der Waals surface area contributed by atoms with Crippen molar-refractivity contribution in [1.82, 2.24) is 20.6 Å². The number of thiocarbonyl (C=S) groups is 1. The molecule has 3 rings (SSSR count). The van der Waals surface area contributed by atoms with Crippen LogP contribution in [0.2, 0.25) is 0 Å². The zero-order valence-electron chi connectivity index (χ0n) is 18.6. The molecular weight excluding hydrogens is 526 g/mol. The number of anilines is 1. The quantitative estimate of drug-likeness (QED) is 0.236. The van der Waals surface area contributed by atoms with E-state index in [1.165, 1.54) is 11.3 Å².